The number of rotatable bonds is 7. The van der Waals surface area contributed by atoms with Crippen molar-refractivity contribution in [1.82, 2.24) is 25.7 Å². The first-order valence-corrected chi connectivity index (χ1v) is 8.37. The Bertz CT molecular complexity index is 915. The van der Waals surface area contributed by atoms with Gasteiger partial charge in [0.25, 0.3) is 5.91 Å². The van der Waals surface area contributed by atoms with Crippen molar-refractivity contribution < 1.29 is 10.0 Å². The second-order valence-electron chi connectivity index (χ2n) is 5.96. The number of amides is 1. The molecule has 0 aliphatic carbocycles. The number of hydrogen-bond donors (Lipinski definition) is 4. The fraction of sp³-hybridized carbons (Fsp3) is 0.211. The van der Waals surface area contributed by atoms with Crippen LogP contribution < -0.4 is 10.8 Å². The summed E-state index contributed by atoms with van der Waals surface area (Å²) in [5.41, 5.74) is 7.69. The lowest BCUT2D eigenvalue weighted by atomic mass is 10.1. The van der Waals surface area contributed by atoms with Crippen LogP contribution in [0.1, 0.15) is 22.4 Å². The summed E-state index contributed by atoms with van der Waals surface area (Å²) in [6.45, 7) is 3.64. The van der Waals surface area contributed by atoms with Crippen molar-refractivity contribution >= 4 is 23.1 Å². The van der Waals surface area contributed by atoms with Crippen LogP contribution in [0.25, 0.3) is 17.2 Å². The van der Waals surface area contributed by atoms with Gasteiger partial charge in [-0.15, -0.1) is 0 Å². The molecule has 3 aromatic rings. The average Bonchev–Trinajstić information content (AvgIpc) is 2.99. The van der Waals surface area contributed by atoms with Gasteiger partial charge in [-0.1, -0.05) is 24.3 Å². The zero-order valence-corrected chi connectivity index (χ0v) is 14.5. The van der Waals surface area contributed by atoms with Gasteiger partial charge in [0.1, 0.15) is 5.52 Å². The van der Waals surface area contributed by atoms with E-state index in [4.69, 9.17) is 5.21 Å². The third kappa shape index (κ3) is 4.33. The number of fused-ring (bicyclic) bond motifs is 1. The van der Waals surface area contributed by atoms with Crippen LogP contribution in [0.2, 0.25) is 0 Å². The maximum absolute atomic E-state index is 11.0. The third-order valence-electron chi connectivity index (χ3n) is 4.14. The lowest BCUT2D eigenvalue weighted by molar-refractivity contribution is -0.124. The summed E-state index contributed by atoms with van der Waals surface area (Å²) in [6.07, 6.45) is 7.20. The van der Waals surface area contributed by atoms with Crippen molar-refractivity contribution in [2.24, 2.45) is 0 Å². The van der Waals surface area contributed by atoms with Gasteiger partial charge in [-0.3, -0.25) is 15.0 Å². The van der Waals surface area contributed by atoms with E-state index in [1.165, 1.54) is 11.6 Å². The molecule has 0 fully saturated rings. The molecule has 0 spiro atoms. The van der Waals surface area contributed by atoms with Crippen LogP contribution in [0.15, 0.2) is 42.7 Å². The molecule has 0 saturated carbocycles. The van der Waals surface area contributed by atoms with Crippen molar-refractivity contribution in [1.29, 1.82) is 0 Å². The predicted molar refractivity (Wildman–Crippen MR) is 99.4 cm³/mol. The number of nitrogens with one attached hydrogen (secondary N) is 3. The average molecular weight is 351 g/mol. The molecule has 0 aliphatic heterocycles. The van der Waals surface area contributed by atoms with Crippen molar-refractivity contribution in [3.8, 4) is 0 Å². The molecule has 0 saturated heterocycles. The molecule has 7 heteroatoms. The van der Waals surface area contributed by atoms with Crippen LogP contribution in [0.4, 0.5) is 0 Å². The van der Waals surface area contributed by atoms with Crippen molar-refractivity contribution in [2.45, 2.75) is 19.9 Å². The van der Waals surface area contributed by atoms with Gasteiger partial charge in [-0.2, -0.15) is 0 Å². The van der Waals surface area contributed by atoms with Gasteiger partial charge in [-0.25, -0.2) is 10.5 Å². The molecule has 26 heavy (non-hydrogen) atoms. The SMILES string of the molecule is Cc1[nH]c2nccnc2c1CCNCc1ccc(/C=C/C(=O)NO)cc1. The molecule has 4 N–H and O–H groups in total. The summed E-state index contributed by atoms with van der Waals surface area (Å²) in [4.78, 5) is 22.9. The Balaban J connectivity index is 1.51. The van der Waals surface area contributed by atoms with E-state index in [9.17, 15) is 4.79 Å². The molecule has 0 unspecified atom stereocenters. The highest BCUT2D eigenvalue weighted by Gasteiger charge is 2.09. The molecular formula is C19H21N5O2. The number of carbonyl (C=O) groups is 1. The van der Waals surface area contributed by atoms with Crippen molar-refractivity contribution in [3.05, 3.63) is 65.1 Å². The lowest BCUT2D eigenvalue weighted by Gasteiger charge is -2.06. The maximum Gasteiger partial charge on any atom is 0.267 e. The molecule has 0 bridgehead atoms. The summed E-state index contributed by atoms with van der Waals surface area (Å²) < 4.78 is 0. The Kier molecular flexibility index (Phi) is 5.73. The van der Waals surface area contributed by atoms with E-state index in [2.05, 4.69) is 20.3 Å². The van der Waals surface area contributed by atoms with Crippen LogP contribution in [-0.2, 0) is 17.8 Å². The highest BCUT2D eigenvalue weighted by molar-refractivity contribution is 5.90. The molecule has 3 rings (SSSR count). The van der Waals surface area contributed by atoms with E-state index < -0.39 is 5.91 Å². The largest absolute Gasteiger partial charge is 0.342 e. The zero-order valence-electron chi connectivity index (χ0n) is 14.5. The molecule has 1 aromatic carbocycles. The van der Waals surface area contributed by atoms with Crippen molar-refractivity contribution in [3.63, 3.8) is 0 Å². The Morgan fingerprint density at radius 2 is 2.00 bits per heavy atom. The summed E-state index contributed by atoms with van der Waals surface area (Å²) in [5.74, 6) is -0.548. The van der Waals surface area contributed by atoms with E-state index in [0.29, 0.717) is 0 Å². The Morgan fingerprint density at radius 3 is 2.77 bits per heavy atom. The standard InChI is InChI=1S/C19H21N5O2/c1-13-16(18-19(23-13)22-11-10-21-18)8-9-20-12-15-4-2-14(3-5-15)6-7-17(25)24-26/h2-7,10-11,20,26H,8-9,12H2,1H3,(H,22,23)(H,24,25)/b7-6+. The second kappa shape index (κ2) is 8.37. The number of hydrogen-bond acceptors (Lipinski definition) is 5. The smallest absolute Gasteiger partial charge is 0.267 e. The molecule has 0 atom stereocenters. The molecular weight excluding hydrogens is 330 g/mol. The van der Waals surface area contributed by atoms with Crippen LogP contribution >= 0.6 is 0 Å². The van der Waals surface area contributed by atoms with Crippen LogP contribution in [-0.4, -0.2) is 32.6 Å². The summed E-state index contributed by atoms with van der Waals surface area (Å²) in [6, 6.07) is 7.87. The number of carbonyl (C=O) groups excluding carboxylic acids is 1. The van der Waals surface area contributed by atoms with Gasteiger partial charge in [0.15, 0.2) is 5.65 Å². The predicted octanol–water partition coefficient (Wildman–Crippen LogP) is 2.12. The van der Waals surface area contributed by atoms with E-state index >= 15 is 0 Å². The van der Waals surface area contributed by atoms with Gasteiger partial charge in [-0.05, 0) is 37.1 Å². The van der Waals surface area contributed by atoms with Gasteiger partial charge in [0.2, 0.25) is 0 Å². The first kappa shape index (κ1) is 17.8. The second-order valence-corrected chi connectivity index (χ2v) is 5.96. The quantitative estimate of drug-likeness (QED) is 0.226. The van der Waals surface area contributed by atoms with E-state index in [-0.39, 0.29) is 0 Å². The molecule has 0 radical (unpaired) electrons. The number of aromatic nitrogens is 3. The van der Waals surface area contributed by atoms with E-state index in [1.807, 2.05) is 31.2 Å². The van der Waals surface area contributed by atoms with Crippen LogP contribution in [0, 0.1) is 6.92 Å². The van der Waals surface area contributed by atoms with Gasteiger partial charge >= 0.3 is 0 Å². The summed E-state index contributed by atoms with van der Waals surface area (Å²) in [5, 5.41) is 11.9. The van der Waals surface area contributed by atoms with E-state index in [0.717, 1.165) is 47.5 Å². The maximum atomic E-state index is 11.0. The Labute approximate surface area is 151 Å². The highest BCUT2D eigenvalue weighted by atomic mass is 16.5. The fourth-order valence-electron chi connectivity index (χ4n) is 2.79. The first-order valence-electron chi connectivity index (χ1n) is 8.37. The summed E-state index contributed by atoms with van der Waals surface area (Å²) >= 11 is 0. The number of aromatic amines is 1. The number of nitrogens with zero attached hydrogens (tertiary/aromatic N) is 2. The summed E-state index contributed by atoms with van der Waals surface area (Å²) in [7, 11) is 0. The molecule has 7 nitrogen and oxygen atoms in total. The topological polar surface area (TPSA) is 103 Å². The number of benzene rings is 1. The fourth-order valence-corrected chi connectivity index (χ4v) is 2.79. The normalized spacial score (nSPS) is 11.3. The third-order valence-corrected chi connectivity index (χ3v) is 4.14. The molecule has 2 heterocycles. The van der Waals surface area contributed by atoms with Gasteiger partial charge < -0.3 is 10.3 Å². The molecule has 2 aromatic heterocycles. The Hall–Kier alpha value is -3.03. The van der Waals surface area contributed by atoms with Crippen molar-refractivity contribution in [2.75, 3.05) is 6.54 Å². The van der Waals surface area contributed by atoms with Crippen LogP contribution in [0.3, 0.4) is 0 Å². The monoisotopic (exact) mass is 351 g/mol. The van der Waals surface area contributed by atoms with E-state index in [1.54, 1.807) is 23.9 Å². The number of H-pyrrole nitrogens is 1. The zero-order chi connectivity index (χ0) is 18.4. The molecule has 134 valence electrons. The molecule has 1 amide bonds. The van der Waals surface area contributed by atoms with Crippen LogP contribution in [0.5, 0.6) is 0 Å². The first-order chi connectivity index (χ1) is 12.7. The van der Waals surface area contributed by atoms with Gasteiger partial charge in [0, 0.05) is 36.3 Å². The number of hydroxylamine groups is 1. The minimum Gasteiger partial charge on any atom is -0.342 e. The minimum atomic E-state index is -0.548. The molecule has 0 aliphatic rings. The number of aryl methyl sites for hydroxylation is 1. The Morgan fingerprint density at radius 1 is 1.23 bits per heavy atom. The highest BCUT2D eigenvalue weighted by Crippen LogP contribution is 2.18. The van der Waals surface area contributed by atoms with Gasteiger partial charge in [0.05, 0.1) is 0 Å². The lowest BCUT2D eigenvalue weighted by Crippen LogP contribution is -2.17. The minimum absolute atomic E-state index is 0.548.